The molecule has 6 aromatic rings. The van der Waals surface area contributed by atoms with E-state index < -0.39 is 0 Å². The Morgan fingerprint density at radius 1 is 0.318 bits per heavy atom. The summed E-state index contributed by atoms with van der Waals surface area (Å²) >= 11 is 0. The van der Waals surface area contributed by atoms with Crippen molar-refractivity contribution in [3.05, 3.63) is 214 Å². The molecule has 6 aromatic carbocycles. The minimum absolute atomic E-state index is 0.824. The molecule has 0 aliphatic carbocycles. The largest absolute Gasteiger partial charge is 0.245 e. The molecule has 0 aliphatic heterocycles. The van der Waals surface area contributed by atoms with Gasteiger partial charge in [-0.1, -0.05) is 170 Å². The number of nitrogens with zero attached hydrogens (tertiary/aromatic N) is 2. The van der Waals surface area contributed by atoms with Crippen LogP contribution in [0.15, 0.2) is 180 Å². The first kappa shape index (κ1) is 28.5. The molecule has 2 heteroatoms. The smallest absolute Gasteiger partial charge is 0.0975 e. The summed E-state index contributed by atoms with van der Waals surface area (Å²) < 4.78 is 0. The number of aryl methyl sites for hydroxylation is 2. The molecule has 0 bridgehead atoms. The molecule has 0 saturated heterocycles. The van der Waals surface area contributed by atoms with Crippen molar-refractivity contribution in [2.45, 2.75) is 13.8 Å². The second-order valence-corrected chi connectivity index (χ2v) is 10.7. The fraction of sp³-hybridized carbons (Fsp3) is 0.0476. The molecule has 2 nitrogen and oxygen atoms in total. The molecule has 0 atom stereocenters. The molecule has 0 radical (unpaired) electrons. The van der Waals surface area contributed by atoms with Crippen molar-refractivity contribution in [3.8, 4) is 0 Å². The van der Waals surface area contributed by atoms with Crippen LogP contribution in [0.25, 0.3) is 11.4 Å². The number of aliphatic imine (C=N–C) groups is 2. The number of hydrogen-bond acceptors (Lipinski definition) is 2. The summed E-state index contributed by atoms with van der Waals surface area (Å²) in [5.41, 5.74) is 12.0. The molecule has 0 amide bonds. The van der Waals surface area contributed by atoms with E-state index in [0.717, 1.165) is 67.3 Å². The van der Waals surface area contributed by atoms with Gasteiger partial charge in [-0.25, -0.2) is 9.98 Å². The Bertz CT molecular complexity index is 1710. The summed E-state index contributed by atoms with van der Waals surface area (Å²) in [6.07, 6.45) is 0. The SMILES string of the molecule is Cc1ccccc1/C(N=C(c1ccccc1)c1ccccc1)=C(\N=C(c1ccccc1)c1ccccc1)c1ccccc1C. The second-order valence-electron chi connectivity index (χ2n) is 10.7. The normalized spacial score (nSPS) is 11.3. The fourth-order valence-corrected chi connectivity index (χ4v) is 5.36. The van der Waals surface area contributed by atoms with Crippen molar-refractivity contribution in [1.82, 2.24) is 0 Å². The summed E-state index contributed by atoms with van der Waals surface area (Å²) in [4.78, 5) is 11.2. The summed E-state index contributed by atoms with van der Waals surface area (Å²) in [5.74, 6) is 0. The van der Waals surface area contributed by atoms with Gasteiger partial charge >= 0.3 is 0 Å². The molecule has 0 saturated carbocycles. The highest BCUT2D eigenvalue weighted by molar-refractivity contribution is 6.18. The zero-order valence-corrected chi connectivity index (χ0v) is 25.1. The Morgan fingerprint density at radius 3 is 0.841 bits per heavy atom. The summed E-state index contributed by atoms with van der Waals surface area (Å²) in [6.45, 7) is 4.29. The second kappa shape index (κ2) is 13.6. The van der Waals surface area contributed by atoms with Gasteiger partial charge in [-0.2, -0.15) is 0 Å². The van der Waals surface area contributed by atoms with Crippen LogP contribution in [-0.2, 0) is 0 Å². The molecule has 0 unspecified atom stereocenters. The maximum Gasteiger partial charge on any atom is 0.0975 e. The van der Waals surface area contributed by atoms with Gasteiger partial charge < -0.3 is 0 Å². The third-order valence-electron chi connectivity index (χ3n) is 7.66. The minimum atomic E-state index is 0.824. The van der Waals surface area contributed by atoms with E-state index >= 15 is 0 Å². The number of hydrogen-bond donors (Lipinski definition) is 0. The maximum atomic E-state index is 5.60. The highest BCUT2D eigenvalue weighted by atomic mass is 14.9. The molecule has 0 heterocycles. The summed E-state index contributed by atoms with van der Waals surface area (Å²) in [5, 5.41) is 0. The first-order valence-electron chi connectivity index (χ1n) is 14.9. The maximum absolute atomic E-state index is 5.60. The van der Waals surface area contributed by atoms with Gasteiger partial charge in [0, 0.05) is 33.4 Å². The van der Waals surface area contributed by atoms with Gasteiger partial charge in [0.25, 0.3) is 0 Å². The highest BCUT2D eigenvalue weighted by Gasteiger charge is 2.19. The Balaban J connectivity index is 1.77. The zero-order valence-electron chi connectivity index (χ0n) is 25.1. The van der Waals surface area contributed by atoms with Gasteiger partial charge in [-0.05, 0) is 25.0 Å². The average Bonchev–Trinajstić information content (AvgIpc) is 3.09. The van der Waals surface area contributed by atoms with Crippen LogP contribution in [-0.4, -0.2) is 11.4 Å². The molecule has 0 aromatic heterocycles. The van der Waals surface area contributed by atoms with E-state index in [9.17, 15) is 0 Å². The van der Waals surface area contributed by atoms with Crippen LogP contribution in [0.5, 0.6) is 0 Å². The monoisotopic (exact) mass is 566 g/mol. The lowest BCUT2D eigenvalue weighted by molar-refractivity contribution is 1.34. The zero-order chi connectivity index (χ0) is 30.1. The fourth-order valence-electron chi connectivity index (χ4n) is 5.36. The topological polar surface area (TPSA) is 24.7 Å². The van der Waals surface area contributed by atoms with Crippen LogP contribution < -0.4 is 0 Å². The van der Waals surface area contributed by atoms with Gasteiger partial charge in [0.15, 0.2) is 0 Å². The van der Waals surface area contributed by atoms with Crippen molar-refractivity contribution in [2.24, 2.45) is 9.98 Å². The average molecular weight is 567 g/mol. The molecule has 44 heavy (non-hydrogen) atoms. The van der Waals surface area contributed by atoms with Gasteiger partial charge in [-0.3, -0.25) is 0 Å². The Labute approximate surface area is 260 Å². The van der Waals surface area contributed by atoms with E-state index in [1.807, 2.05) is 24.3 Å². The van der Waals surface area contributed by atoms with Crippen molar-refractivity contribution < 1.29 is 0 Å². The first-order chi connectivity index (χ1) is 21.7. The Morgan fingerprint density at radius 2 is 0.568 bits per heavy atom. The third kappa shape index (κ3) is 6.40. The van der Waals surface area contributed by atoms with Crippen molar-refractivity contribution in [3.63, 3.8) is 0 Å². The lowest BCUT2D eigenvalue weighted by Gasteiger charge is -2.18. The molecule has 0 N–H and O–H groups in total. The summed E-state index contributed by atoms with van der Waals surface area (Å²) in [7, 11) is 0. The quantitative estimate of drug-likeness (QED) is 0.129. The van der Waals surface area contributed by atoms with E-state index in [2.05, 4.69) is 159 Å². The molecule has 6 rings (SSSR count). The molecular formula is C42H34N2. The van der Waals surface area contributed by atoms with Gasteiger partial charge in [0.1, 0.15) is 0 Å². The summed E-state index contributed by atoms with van der Waals surface area (Å²) in [6, 6.07) is 58.6. The van der Waals surface area contributed by atoms with Crippen LogP contribution in [0.3, 0.4) is 0 Å². The number of rotatable bonds is 8. The minimum Gasteiger partial charge on any atom is -0.245 e. The third-order valence-corrected chi connectivity index (χ3v) is 7.66. The molecule has 0 spiro atoms. The van der Waals surface area contributed by atoms with E-state index in [4.69, 9.17) is 9.98 Å². The first-order valence-corrected chi connectivity index (χ1v) is 14.9. The number of benzene rings is 6. The van der Waals surface area contributed by atoms with Crippen molar-refractivity contribution in [2.75, 3.05) is 0 Å². The molecule has 0 aliphatic rings. The van der Waals surface area contributed by atoms with Gasteiger partial charge in [0.05, 0.1) is 22.8 Å². The predicted molar refractivity (Wildman–Crippen MR) is 186 cm³/mol. The molecule has 212 valence electrons. The van der Waals surface area contributed by atoms with Crippen LogP contribution >= 0.6 is 0 Å². The lowest BCUT2D eigenvalue weighted by atomic mass is 9.96. The van der Waals surface area contributed by atoms with Gasteiger partial charge in [-0.15, -0.1) is 0 Å². The standard InChI is InChI=1S/C42H34N2/c1-31-19-15-17-29-37(31)41(43-39(33-21-7-3-8-22-33)34-23-9-4-10-24-34)42(38-30-18-16-20-32(38)2)44-40(35-25-11-5-12-26-35)36-27-13-6-14-28-36/h3-30H,1-2H3/b42-41+. The van der Waals surface area contributed by atoms with Crippen LogP contribution in [0.1, 0.15) is 44.5 Å². The molecular weight excluding hydrogens is 532 g/mol. The molecule has 0 fully saturated rings. The van der Waals surface area contributed by atoms with E-state index in [-0.39, 0.29) is 0 Å². The van der Waals surface area contributed by atoms with Crippen LogP contribution in [0, 0.1) is 13.8 Å². The van der Waals surface area contributed by atoms with Crippen LogP contribution in [0.2, 0.25) is 0 Å². The van der Waals surface area contributed by atoms with E-state index in [0.29, 0.717) is 0 Å². The van der Waals surface area contributed by atoms with E-state index in [1.165, 1.54) is 0 Å². The van der Waals surface area contributed by atoms with E-state index in [1.54, 1.807) is 0 Å². The predicted octanol–water partition coefficient (Wildman–Crippen LogP) is 10.2. The Kier molecular flexibility index (Phi) is 8.80. The lowest BCUT2D eigenvalue weighted by Crippen LogP contribution is -2.07. The van der Waals surface area contributed by atoms with Gasteiger partial charge in [0.2, 0.25) is 0 Å². The van der Waals surface area contributed by atoms with Crippen LogP contribution in [0.4, 0.5) is 0 Å². The Hall–Kier alpha value is -5.60. The highest BCUT2D eigenvalue weighted by Crippen LogP contribution is 2.34. The van der Waals surface area contributed by atoms with Crippen molar-refractivity contribution >= 4 is 22.8 Å². The van der Waals surface area contributed by atoms with Crippen molar-refractivity contribution in [1.29, 1.82) is 0 Å².